The summed E-state index contributed by atoms with van der Waals surface area (Å²) in [6.45, 7) is 12.1. The number of aromatic hydroxyl groups is 2. The summed E-state index contributed by atoms with van der Waals surface area (Å²) < 4.78 is 0. The molecule has 0 unspecified atom stereocenters. The van der Waals surface area contributed by atoms with Gasteiger partial charge in [0.2, 0.25) is 0 Å². The molecule has 2 aromatic carbocycles. The molecule has 230 valence electrons. The Morgan fingerprint density at radius 2 is 1.02 bits per heavy atom. The maximum Gasteiger partial charge on any atom is 0.272 e. The van der Waals surface area contributed by atoms with Crippen LogP contribution in [0.5, 0.6) is 11.5 Å². The van der Waals surface area contributed by atoms with Crippen LogP contribution < -0.4 is 0 Å². The summed E-state index contributed by atoms with van der Waals surface area (Å²) in [7, 11) is 0. The smallest absolute Gasteiger partial charge is 0.272 e. The zero-order valence-corrected chi connectivity index (χ0v) is 26.2. The fraction of sp³-hybridized carbons (Fsp3) is 0.294. The van der Waals surface area contributed by atoms with Crippen LogP contribution in [0.25, 0.3) is 12.2 Å². The molecule has 4 rings (SSSR count). The van der Waals surface area contributed by atoms with Crippen molar-refractivity contribution in [3.63, 3.8) is 0 Å². The fourth-order valence-electron chi connectivity index (χ4n) is 4.70. The van der Waals surface area contributed by atoms with Crippen LogP contribution in [0.2, 0.25) is 0 Å². The molecule has 2 aromatic rings. The Morgan fingerprint density at radius 1 is 0.674 bits per heavy atom. The molecule has 0 aromatic heterocycles. The SMILES string of the molecule is CC(C)(C)c1cccc(C=C2CC=CC=C2[N+](=O)[O-])c1O.CC(C)(C)c1cccc(C=C2CC=CC=C2[N+](=O)[O-])c1O.[Ni]. The van der Waals surface area contributed by atoms with Gasteiger partial charge in [-0.15, -0.1) is 0 Å². The molecule has 0 saturated heterocycles. The van der Waals surface area contributed by atoms with Crippen LogP contribution in [0.1, 0.15) is 76.6 Å². The van der Waals surface area contributed by atoms with Crippen molar-refractivity contribution in [3.8, 4) is 11.5 Å². The first-order valence-electron chi connectivity index (χ1n) is 13.7. The molecule has 0 heterocycles. The van der Waals surface area contributed by atoms with Crippen molar-refractivity contribution in [1.29, 1.82) is 0 Å². The van der Waals surface area contributed by atoms with E-state index < -0.39 is 0 Å². The molecule has 0 bridgehead atoms. The van der Waals surface area contributed by atoms with Gasteiger partial charge in [-0.3, -0.25) is 20.2 Å². The molecule has 0 amide bonds. The van der Waals surface area contributed by atoms with Crippen molar-refractivity contribution >= 4 is 12.2 Å². The topological polar surface area (TPSA) is 127 Å². The summed E-state index contributed by atoms with van der Waals surface area (Å²) >= 11 is 0. The van der Waals surface area contributed by atoms with E-state index in [4.69, 9.17) is 0 Å². The Hall–Kier alpha value is -4.23. The number of nitrogens with zero attached hydrogens (tertiary/aromatic N) is 2. The molecule has 43 heavy (non-hydrogen) atoms. The van der Waals surface area contributed by atoms with E-state index >= 15 is 0 Å². The van der Waals surface area contributed by atoms with Gasteiger partial charge < -0.3 is 10.2 Å². The Kier molecular flexibility index (Phi) is 11.6. The Balaban J connectivity index is 0.000000293. The van der Waals surface area contributed by atoms with Crippen LogP contribution in [0.4, 0.5) is 0 Å². The number of rotatable bonds is 4. The Morgan fingerprint density at radius 3 is 1.33 bits per heavy atom. The standard InChI is InChI=1S/2C17H19NO3.Ni/c2*1-17(2,3)14-9-6-8-13(16(14)19)11-12-7-4-5-10-15(12)18(20)21;/h2*4-6,8-11,19H,7H2,1-3H3;. The molecule has 9 heteroatoms. The van der Waals surface area contributed by atoms with Gasteiger partial charge in [-0.05, 0) is 47.0 Å². The Bertz CT molecular complexity index is 1450. The number of phenols is 2. The second kappa shape index (κ2) is 14.3. The van der Waals surface area contributed by atoms with E-state index in [1.165, 1.54) is 12.2 Å². The van der Waals surface area contributed by atoms with Crippen LogP contribution in [0.15, 0.2) is 95.4 Å². The number of benzene rings is 2. The van der Waals surface area contributed by atoms with Crippen molar-refractivity contribution in [2.24, 2.45) is 0 Å². The van der Waals surface area contributed by atoms with Crippen LogP contribution in [0, 0.1) is 20.2 Å². The van der Waals surface area contributed by atoms with E-state index in [1.807, 2.05) is 78.0 Å². The molecule has 0 saturated carbocycles. The van der Waals surface area contributed by atoms with Crippen molar-refractivity contribution in [3.05, 3.63) is 138 Å². The zero-order chi connectivity index (χ0) is 31.2. The predicted octanol–water partition coefficient (Wildman–Crippen LogP) is 8.38. The van der Waals surface area contributed by atoms with Crippen LogP contribution in [-0.4, -0.2) is 20.1 Å². The maximum atomic E-state index is 11.1. The number of nitro groups is 2. The normalized spacial score (nSPS) is 16.5. The van der Waals surface area contributed by atoms with Crippen molar-refractivity contribution in [2.75, 3.05) is 0 Å². The molecule has 0 spiro atoms. The molecular formula is C34H38N2NiO6. The minimum atomic E-state index is -0.389. The Labute approximate surface area is 262 Å². The van der Waals surface area contributed by atoms with Gasteiger partial charge in [-0.1, -0.05) is 102 Å². The molecule has 0 fully saturated rings. The summed E-state index contributed by atoms with van der Waals surface area (Å²) in [5.41, 5.74) is 3.87. The second-order valence-electron chi connectivity index (χ2n) is 12.2. The molecule has 0 aliphatic heterocycles. The van der Waals surface area contributed by atoms with Crippen molar-refractivity contribution in [2.45, 2.75) is 65.2 Å². The van der Waals surface area contributed by atoms with Crippen LogP contribution in [0.3, 0.4) is 0 Å². The van der Waals surface area contributed by atoms with Gasteiger partial charge >= 0.3 is 0 Å². The minimum absolute atomic E-state index is 0. The summed E-state index contributed by atoms with van der Waals surface area (Å²) in [5.74, 6) is 0.379. The number of hydrogen-bond donors (Lipinski definition) is 2. The van der Waals surface area contributed by atoms with Gasteiger partial charge in [0.25, 0.3) is 11.4 Å². The van der Waals surface area contributed by atoms with E-state index in [0.29, 0.717) is 35.1 Å². The average Bonchev–Trinajstić information content (AvgIpc) is 2.90. The van der Waals surface area contributed by atoms with Crippen molar-refractivity contribution in [1.82, 2.24) is 0 Å². The van der Waals surface area contributed by atoms with E-state index in [1.54, 1.807) is 36.4 Å². The van der Waals surface area contributed by atoms with Gasteiger partial charge in [0.1, 0.15) is 11.5 Å². The summed E-state index contributed by atoms with van der Waals surface area (Å²) in [6, 6.07) is 11.0. The van der Waals surface area contributed by atoms with Gasteiger partial charge in [0.05, 0.1) is 9.85 Å². The predicted molar refractivity (Wildman–Crippen MR) is 167 cm³/mol. The third-order valence-electron chi connectivity index (χ3n) is 6.92. The quantitative estimate of drug-likeness (QED) is 0.199. The zero-order valence-electron chi connectivity index (χ0n) is 25.2. The number of phenolic OH excluding ortho intramolecular Hbond substituents is 2. The number of allylic oxidation sites excluding steroid dienone is 8. The van der Waals surface area contributed by atoms with Gasteiger partial charge in [-0.2, -0.15) is 0 Å². The van der Waals surface area contributed by atoms with Gasteiger partial charge in [0.15, 0.2) is 0 Å². The van der Waals surface area contributed by atoms with Crippen LogP contribution in [-0.2, 0) is 27.3 Å². The molecular weight excluding hydrogens is 591 g/mol. The summed E-state index contributed by atoms with van der Waals surface area (Å²) in [5, 5.41) is 43.0. The van der Waals surface area contributed by atoms with Crippen molar-refractivity contribution < 1.29 is 36.6 Å². The van der Waals surface area contributed by atoms with E-state index in [0.717, 1.165) is 11.1 Å². The third-order valence-corrected chi connectivity index (χ3v) is 6.92. The third kappa shape index (κ3) is 8.88. The summed E-state index contributed by atoms with van der Waals surface area (Å²) in [6.07, 6.45) is 14.4. The molecule has 0 atom stereocenters. The molecule has 2 aliphatic carbocycles. The first-order valence-corrected chi connectivity index (χ1v) is 13.7. The molecule has 2 aliphatic rings. The minimum Gasteiger partial charge on any atom is -0.507 e. The number of para-hydroxylation sites is 2. The van der Waals surface area contributed by atoms with Gasteiger partial charge in [-0.25, -0.2) is 0 Å². The average molecular weight is 629 g/mol. The molecule has 2 N–H and O–H groups in total. The largest absolute Gasteiger partial charge is 0.507 e. The van der Waals surface area contributed by atoms with E-state index in [2.05, 4.69) is 0 Å². The number of hydrogen-bond acceptors (Lipinski definition) is 6. The second-order valence-corrected chi connectivity index (χ2v) is 12.2. The molecule has 0 radical (unpaired) electrons. The maximum absolute atomic E-state index is 11.1. The van der Waals surface area contributed by atoms with Gasteiger partial charge in [0, 0.05) is 50.9 Å². The summed E-state index contributed by atoms with van der Waals surface area (Å²) in [4.78, 5) is 21.4. The fourth-order valence-corrected chi connectivity index (χ4v) is 4.70. The van der Waals surface area contributed by atoms with E-state index in [-0.39, 0.29) is 60.1 Å². The first kappa shape index (κ1) is 35.0. The molecule has 8 nitrogen and oxygen atoms in total. The van der Waals surface area contributed by atoms with Crippen LogP contribution >= 0.6 is 0 Å². The van der Waals surface area contributed by atoms with E-state index in [9.17, 15) is 30.4 Å². The monoisotopic (exact) mass is 628 g/mol. The first-order chi connectivity index (χ1) is 19.6.